The predicted octanol–water partition coefficient (Wildman–Crippen LogP) is 3.71. The molecule has 0 fully saturated rings. The van der Waals surface area contributed by atoms with Crippen LogP contribution in [0.5, 0.6) is 5.75 Å². The van der Waals surface area contributed by atoms with Crippen molar-refractivity contribution in [2.24, 2.45) is 5.92 Å². The van der Waals surface area contributed by atoms with Crippen LogP contribution < -0.4 is 4.74 Å². The normalized spacial score (nSPS) is 12.6. The molecule has 2 aromatic rings. The third kappa shape index (κ3) is 4.81. The van der Waals surface area contributed by atoms with Gasteiger partial charge in [-0.3, -0.25) is 4.90 Å². The van der Waals surface area contributed by atoms with Crippen LogP contribution in [0.25, 0.3) is 0 Å². The van der Waals surface area contributed by atoms with Crippen LogP contribution in [0.15, 0.2) is 54.6 Å². The van der Waals surface area contributed by atoms with Crippen molar-refractivity contribution in [2.75, 3.05) is 13.7 Å². The fourth-order valence-corrected chi connectivity index (χ4v) is 2.91. The molecule has 3 nitrogen and oxygen atoms in total. The fraction of sp³-hybridized carbons (Fsp3) is 0.400. The molecule has 0 aromatic heterocycles. The van der Waals surface area contributed by atoms with Gasteiger partial charge in [0.1, 0.15) is 5.75 Å². The molecule has 0 radical (unpaired) electrons. The lowest BCUT2D eigenvalue weighted by Gasteiger charge is -2.33. The highest BCUT2D eigenvalue weighted by atomic mass is 16.5. The van der Waals surface area contributed by atoms with Crippen molar-refractivity contribution in [3.63, 3.8) is 0 Å². The average molecular weight is 313 g/mol. The minimum atomic E-state index is 0.111. The number of aliphatic hydroxyl groups excluding tert-OH is 1. The number of methoxy groups -OCH3 is 1. The van der Waals surface area contributed by atoms with Crippen LogP contribution in [0.3, 0.4) is 0 Å². The summed E-state index contributed by atoms with van der Waals surface area (Å²) < 4.78 is 5.48. The van der Waals surface area contributed by atoms with E-state index >= 15 is 0 Å². The van der Waals surface area contributed by atoms with Gasteiger partial charge in [-0.2, -0.15) is 0 Å². The first-order valence-electron chi connectivity index (χ1n) is 8.16. The van der Waals surface area contributed by atoms with Crippen molar-refractivity contribution in [1.29, 1.82) is 0 Å². The van der Waals surface area contributed by atoms with Crippen LogP contribution in [0, 0.1) is 5.92 Å². The van der Waals surface area contributed by atoms with E-state index in [1.54, 1.807) is 7.11 Å². The van der Waals surface area contributed by atoms with Crippen LogP contribution in [0.2, 0.25) is 0 Å². The van der Waals surface area contributed by atoms with E-state index in [1.807, 2.05) is 24.3 Å². The van der Waals surface area contributed by atoms with Crippen molar-refractivity contribution in [3.8, 4) is 5.75 Å². The summed E-state index contributed by atoms with van der Waals surface area (Å²) in [5, 5.41) is 9.88. The number of ether oxygens (including phenoxy) is 1. The second-order valence-corrected chi connectivity index (χ2v) is 6.20. The number of aliphatic hydroxyl groups is 1. The van der Waals surface area contributed by atoms with Gasteiger partial charge in [-0.1, -0.05) is 62.4 Å². The molecular weight excluding hydrogens is 286 g/mol. The SMILES string of the molecule is COc1ccccc1CN(Cc1ccccc1)[C@@H](CO)C(C)C. The molecule has 0 aliphatic carbocycles. The van der Waals surface area contributed by atoms with E-state index in [1.165, 1.54) is 5.56 Å². The molecular formula is C20H27NO2. The molecule has 3 heteroatoms. The summed E-state index contributed by atoms with van der Waals surface area (Å²) in [5.74, 6) is 1.27. The second kappa shape index (κ2) is 8.70. The van der Waals surface area contributed by atoms with Gasteiger partial charge in [0.2, 0.25) is 0 Å². The predicted molar refractivity (Wildman–Crippen MR) is 94.4 cm³/mol. The third-order valence-electron chi connectivity index (χ3n) is 4.22. The van der Waals surface area contributed by atoms with E-state index < -0.39 is 0 Å². The Labute approximate surface area is 139 Å². The first-order valence-corrected chi connectivity index (χ1v) is 8.16. The maximum Gasteiger partial charge on any atom is 0.123 e. The minimum absolute atomic E-state index is 0.111. The Bertz CT molecular complexity index is 583. The summed E-state index contributed by atoms with van der Waals surface area (Å²) in [5.41, 5.74) is 2.39. The Morgan fingerprint density at radius 3 is 2.22 bits per heavy atom. The van der Waals surface area contributed by atoms with Crippen LogP contribution in [0.1, 0.15) is 25.0 Å². The topological polar surface area (TPSA) is 32.7 Å². The molecule has 0 amide bonds. The smallest absolute Gasteiger partial charge is 0.123 e. The van der Waals surface area contributed by atoms with Gasteiger partial charge >= 0.3 is 0 Å². The van der Waals surface area contributed by atoms with Gasteiger partial charge in [-0.05, 0) is 17.5 Å². The Balaban J connectivity index is 2.25. The lowest BCUT2D eigenvalue weighted by Crippen LogP contribution is -2.40. The molecule has 0 unspecified atom stereocenters. The van der Waals surface area contributed by atoms with E-state index in [-0.39, 0.29) is 12.6 Å². The average Bonchev–Trinajstić information content (AvgIpc) is 2.56. The molecule has 0 aliphatic rings. The summed E-state index contributed by atoms with van der Waals surface area (Å²) in [6.45, 7) is 6.02. The second-order valence-electron chi connectivity index (χ2n) is 6.20. The number of para-hydroxylation sites is 1. The molecule has 124 valence electrons. The number of hydrogen-bond donors (Lipinski definition) is 1. The van der Waals surface area contributed by atoms with Gasteiger partial charge < -0.3 is 9.84 Å². The molecule has 0 spiro atoms. The first-order chi connectivity index (χ1) is 11.2. The molecule has 1 atom stereocenters. The van der Waals surface area contributed by atoms with Crippen LogP contribution in [-0.2, 0) is 13.1 Å². The van der Waals surface area contributed by atoms with E-state index in [9.17, 15) is 5.11 Å². The van der Waals surface area contributed by atoms with Crippen molar-refractivity contribution >= 4 is 0 Å². The van der Waals surface area contributed by atoms with Crippen LogP contribution >= 0.6 is 0 Å². The van der Waals surface area contributed by atoms with Crippen molar-refractivity contribution in [3.05, 3.63) is 65.7 Å². The van der Waals surface area contributed by atoms with E-state index in [0.717, 1.165) is 24.4 Å². The minimum Gasteiger partial charge on any atom is -0.496 e. The van der Waals surface area contributed by atoms with E-state index in [4.69, 9.17) is 4.74 Å². The van der Waals surface area contributed by atoms with E-state index in [2.05, 4.69) is 49.1 Å². The molecule has 2 rings (SSSR count). The lowest BCUT2D eigenvalue weighted by atomic mass is 10.0. The highest BCUT2D eigenvalue weighted by Crippen LogP contribution is 2.23. The van der Waals surface area contributed by atoms with Gasteiger partial charge in [-0.15, -0.1) is 0 Å². The van der Waals surface area contributed by atoms with Gasteiger partial charge in [0, 0.05) is 24.7 Å². The Kier molecular flexibility index (Phi) is 6.63. The highest BCUT2D eigenvalue weighted by molar-refractivity contribution is 5.33. The number of hydrogen-bond acceptors (Lipinski definition) is 3. The molecule has 1 N–H and O–H groups in total. The zero-order chi connectivity index (χ0) is 16.7. The maximum absolute atomic E-state index is 9.88. The maximum atomic E-state index is 9.88. The molecule has 23 heavy (non-hydrogen) atoms. The molecule has 0 saturated heterocycles. The van der Waals surface area contributed by atoms with Crippen molar-refractivity contribution < 1.29 is 9.84 Å². The zero-order valence-corrected chi connectivity index (χ0v) is 14.3. The van der Waals surface area contributed by atoms with Crippen molar-refractivity contribution in [2.45, 2.75) is 33.0 Å². The summed E-state index contributed by atoms with van der Waals surface area (Å²) in [6.07, 6.45) is 0. The Morgan fingerprint density at radius 2 is 1.61 bits per heavy atom. The van der Waals surface area contributed by atoms with Gasteiger partial charge in [0.15, 0.2) is 0 Å². The molecule has 0 saturated carbocycles. The Hall–Kier alpha value is -1.84. The zero-order valence-electron chi connectivity index (χ0n) is 14.3. The summed E-state index contributed by atoms with van der Waals surface area (Å²) >= 11 is 0. The molecule has 0 aliphatic heterocycles. The first kappa shape index (κ1) is 17.5. The van der Waals surface area contributed by atoms with Gasteiger partial charge in [-0.25, -0.2) is 0 Å². The van der Waals surface area contributed by atoms with Crippen molar-refractivity contribution in [1.82, 2.24) is 4.90 Å². The van der Waals surface area contributed by atoms with E-state index in [0.29, 0.717) is 5.92 Å². The lowest BCUT2D eigenvalue weighted by molar-refractivity contribution is 0.0778. The number of benzene rings is 2. The molecule has 0 bridgehead atoms. The molecule has 0 heterocycles. The monoisotopic (exact) mass is 313 g/mol. The number of rotatable bonds is 8. The largest absolute Gasteiger partial charge is 0.496 e. The van der Waals surface area contributed by atoms with Gasteiger partial charge in [0.25, 0.3) is 0 Å². The fourth-order valence-electron chi connectivity index (χ4n) is 2.91. The third-order valence-corrected chi connectivity index (χ3v) is 4.22. The molecule has 2 aromatic carbocycles. The highest BCUT2D eigenvalue weighted by Gasteiger charge is 2.22. The van der Waals surface area contributed by atoms with Gasteiger partial charge in [0.05, 0.1) is 13.7 Å². The van der Waals surface area contributed by atoms with Crippen LogP contribution in [-0.4, -0.2) is 29.8 Å². The van der Waals surface area contributed by atoms with Crippen LogP contribution in [0.4, 0.5) is 0 Å². The standard InChI is InChI=1S/C20H27NO2/c1-16(2)19(15-22)21(13-17-9-5-4-6-10-17)14-18-11-7-8-12-20(18)23-3/h4-12,16,19,22H,13-15H2,1-3H3/t19-/m0/s1. The Morgan fingerprint density at radius 1 is 0.957 bits per heavy atom. The number of nitrogens with zero attached hydrogens (tertiary/aromatic N) is 1. The quantitative estimate of drug-likeness (QED) is 0.806. The summed E-state index contributed by atoms with van der Waals surface area (Å²) in [7, 11) is 1.70. The summed E-state index contributed by atoms with van der Waals surface area (Å²) in [4.78, 5) is 2.33. The summed E-state index contributed by atoms with van der Waals surface area (Å²) in [6, 6.07) is 18.6.